The molecule has 14 heavy (non-hydrogen) atoms. The van der Waals surface area contributed by atoms with E-state index in [2.05, 4.69) is 35.1 Å². The lowest BCUT2D eigenvalue weighted by Gasteiger charge is -2.19. The summed E-state index contributed by atoms with van der Waals surface area (Å²) >= 11 is 3.37. The molecule has 0 rings (SSSR count). The summed E-state index contributed by atoms with van der Waals surface area (Å²) in [6.07, 6.45) is 0.944. The van der Waals surface area contributed by atoms with E-state index in [-0.39, 0.29) is 18.6 Å². The maximum absolute atomic E-state index is 11.3. The number of hydrogen-bond acceptors (Lipinski definition) is 2. The molecule has 0 aliphatic rings. The Morgan fingerprint density at radius 2 is 2.14 bits per heavy atom. The zero-order chi connectivity index (χ0) is 11.0. The third-order valence-electron chi connectivity index (χ3n) is 1.90. The Morgan fingerprint density at radius 3 is 2.57 bits per heavy atom. The molecule has 3 nitrogen and oxygen atoms in total. The summed E-state index contributed by atoms with van der Waals surface area (Å²) in [5.74, 6) is 0.404. The molecular formula is C10H20BrNO2. The van der Waals surface area contributed by atoms with Crippen LogP contribution in [0.15, 0.2) is 0 Å². The van der Waals surface area contributed by atoms with E-state index in [4.69, 9.17) is 4.74 Å². The van der Waals surface area contributed by atoms with E-state index < -0.39 is 0 Å². The average molecular weight is 266 g/mol. The maximum Gasteiger partial charge on any atom is 0.246 e. The minimum absolute atomic E-state index is 0.0309. The van der Waals surface area contributed by atoms with Crippen molar-refractivity contribution in [1.29, 1.82) is 0 Å². The summed E-state index contributed by atoms with van der Waals surface area (Å²) in [5.41, 5.74) is 0. The second kappa shape index (κ2) is 8.24. The van der Waals surface area contributed by atoms with Crippen molar-refractivity contribution in [3.63, 3.8) is 0 Å². The SMILES string of the molecule is CCCOCC(=O)NC(CBr)C(C)C. The highest BCUT2D eigenvalue weighted by Crippen LogP contribution is 2.04. The van der Waals surface area contributed by atoms with Crippen LogP contribution in [0.3, 0.4) is 0 Å². The Labute approximate surface area is 94.7 Å². The van der Waals surface area contributed by atoms with Crippen LogP contribution in [0.2, 0.25) is 0 Å². The number of hydrogen-bond donors (Lipinski definition) is 1. The lowest BCUT2D eigenvalue weighted by atomic mass is 10.1. The van der Waals surface area contributed by atoms with Gasteiger partial charge in [-0.1, -0.05) is 36.7 Å². The van der Waals surface area contributed by atoms with Crippen molar-refractivity contribution >= 4 is 21.8 Å². The van der Waals surface area contributed by atoms with E-state index >= 15 is 0 Å². The smallest absolute Gasteiger partial charge is 0.246 e. The van der Waals surface area contributed by atoms with Crippen LogP contribution < -0.4 is 5.32 Å². The summed E-state index contributed by atoms with van der Waals surface area (Å²) in [6.45, 7) is 7.00. The molecule has 0 aromatic carbocycles. The van der Waals surface area contributed by atoms with Crippen LogP contribution in [0, 0.1) is 5.92 Å². The first-order valence-corrected chi connectivity index (χ1v) is 6.17. The molecule has 4 heteroatoms. The molecule has 0 aromatic heterocycles. The summed E-state index contributed by atoms with van der Waals surface area (Å²) in [6, 6.07) is 0.188. The van der Waals surface area contributed by atoms with E-state index in [1.54, 1.807) is 0 Å². The van der Waals surface area contributed by atoms with E-state index in [9.17, 15) is 4.79 Å². The van der Waals surface area contributed by atoms with Crippen molar-refractivity contribution in [2.75, 3.05) is 18.5 Å². The van der Waals surface area contributed by atoms with Crippen LogP contribution in [-0.4, -0.2) is 30.5 Å². The number of nitrogens with one attached hydrogen (secondary N) is 1. The molecule has 1 N–H and O–H groups in total. The molecule has 0 radical (unpaired) electrons. The molecule has 0 saturated carbocycles. The van der Waals surface area contributed by atoms with Crippen molar-refractivity contribution in [2.24, 2.45) is 5.92 Å². The summed E-state index contributed by atoms with van der Waals surface area (Å²) in [7, 11) is 0. The van der Waals surface area contributed by atoms with Gasteiger partial charge < -0.3 is 10.1 Å². The van der Waals surface area contributed by atoms with Gasteiger partial charge in [-0.05, 0) is 12.3 Å². The molecule has 1 amide bonds. The van der Waals surface area contributed by atoms with Crippen LogP contribution >= 0.6 is 15.9 Å². The highest BCUT2D eigenvalue weighted by Gasteiger charge is 2.14. The third kappa shape index (κ3) is 6.38. The second-order valence-corrected chi connectivity index (χ2v) is 4.27. The van der Waals surface area contributed by atoms with Gasteiger partial charge in [0.15, 0.2) is 0 Å². The van der Waals surface area contributed by atoms with E-state index in [0.717, 1.165) is 11.8 Å². The second-order valence-electron chi connectivity index (χ2n) is 3.62. The predicted molar refractivity (Wildman–Crippen MR) is 61.7 cm³/mol. The van der Waals surface area contributed by atoms with Crippen molar-refractivity contribution in [3.8, 4) is 0 Å². The minimum Gasteiger partial charge on any atom is -0.372 e. The number of carbonyl (C=O) groups excluding carboxylic acids is 1. The van der Waals surface area contributed by atoms with Crippen molar-refractivity contribution in [3.05, 3.63) is 0 Å². The molecule has 0 heterocycles. The highest BCUT2D eigenvalue weighted by molar-refractivity contribution is 9.09. The van der Waals surface area contributed by atoms with E-state index in [0.29, 0.717) is 12.5 Å². The minimum atomic E-state index is -0.0309. The van der Waals surface area contributed by atoms with Crippen LogP contribution in [0.5, 0.6) is 0 Å². The number of rotatable bonds is 7. The summed E-state index contributed by atoms with van der Waals surface area (Å²) in [4.78, 5) is 11.3. The zero-order valence-corrected chi connectivity index (χ0v) is 10.8. The van der Waals surface area contributed by atoms with E-state index in [1.807, 2.05) is 6.92 Å². The van der Waals surface area contributed by atoms with Gasteiger partial charge in [0.05, 0.1) is 0 Å². The lowest BCUT2D eigenvalue weighted by Crippen LogP contribution is -2.41. The molecule has 1 unspecified atom stereocenters. The average Bonchev–Trinajstić information content (AvgIpc) is 2.14. The molecule has 0 saturated heterocycles. The van der Waals surface area contributed by atoms with Crippen molar-refractivity contribution in [1.82, 2.24) is 5.32 Å². The molecule has 0 aromatic rings. The van der Waals surface area contributed by atoms with Crippen LogP contribution in [0.1, 0.15) is 27.2 Å². The molecule has 0 aliphatic heterocycles. The van der Waals surface area contributed by atoms with Crippen LogP contribution in [0.25, 0.3) is 0 Å². The van der Waals surface area contributed by atoms with Gasteiger partial charge in [-0.3, -0.25) is 4.79 Å². The molecule has 0 aliphatic carbocycles. The summed E-state index contributed by atoms with van der Waals surface area (Å²) in [5, 5.41) is 3.70. The number of ether oxygens (including phenoxy) is 1. The van der Waals surface area contributed by atoms with E-state index in [1.165, 1.54) is 0 Å². The first-order valence-electron chi connectivity index (χ1n) is 5.04. The first-order chi connectivity index (χ1) is 6.61. The molecular weight excluding hydrogens is 246 g/mol. The van der Waals surface area contributed by atoms with Gasteiger partial charge in [0.1, 0.15) is 6.61 Å². The topological polar surface area (TPSA) is 38.3 Å². The third-order valence-corrected chi connectivity index (χ3v) is 2.60. The van der Waals surface area contributed by atoms with Gasteiger partial charge >= 0.3 is 0 Å². The maximum atomic E-state index is 11.3. The summed E-state index contributed by atoms with van der Waals surface area (Å²) < 4.78 is 5.14. The Bertz CT molecular complexity index is 162. The Morgan fingerprint density at radius 1 is 1.50 bits per heavy atom. The Balaban J connectivity index is 3.68. The standard InChI is InChI=1S/C10H20BrNO2/c1-4-5-14-7-10(13)12-9(6-11)8(2)3/h8-9H,4-7H2,1-3H3,(H,12,13). The van der Waals surface area contributed by atoms with Crippen molar-refractivity contribution in [2.45, 2.75) is 33.2 Å². The Kier molecular flexibility index (Phi) is 8.18. The van der Waals surface area contributed by atoms with Gasteiger partial charge in [-0.2, -0.15) is 0 Å². The largest absolute Gasteiger partial charge is 0.372 e. The number of alkyl halides is 1. The van der Waals surface area contributed by atoms with Crippen LogP contribution in [0.4, 0.5) is 0 Å². The quantitative estimate of drug-likeness (QED) is 0.565. The van der Waals surface area contributed by atoms with Crippen molar-refractivity contribution < 1.29 is 9.53 Å². The fourth-order valence-corrected chi connectivity index (χ4v) is 1.85. The molecule has 0 bridgehead atoms. The normalized spacial score (nSPS) is 12.9. The number of carbonyl (C=O) groups is 1. The highest BCUT2D eigenvalue weighted by atomic mass is 79.9. The van der Waals surface area contributed by atoms with Gasteiger partial charge in [0.25, 0.3) is 0 Å². The van der Waals surface area contributed by atoms with Gasteiger partial charge in [0.2, 0.25) is 5.91 Å². The van der Waals surface area contributed by atoms with Gasteiger partial charge in [0, 0.05) is 18.0 Å². The lowest BCUT2D eigenvalue weighted by molar-refractivity contribution is -0.126. The van der Waals surface area contributed by atoms with Crippen LogP contribution in [-0.2, 0) is 9.53 Å². The zero-order valence-electron chi connectivity index (χ0n) is 9.18. The molecule has 84 valence electrons. The fraction of sp³-hybridized carbons (Fsp3) is 0.900. The Hall–Kier alpha value is -0.0900. The molecule has 1 atom stereocenters. The predicted octanol–water partition coefficient (Wildman–Crippen LogP) is 1.95. The number of halogens is 1. The molecule has 0 spiro atoms. The fourth-order valence-electron chi connectivity index (χ4n) is 0.941. The van der Waals surface area contributed by atoms with Gasteiger partial charge in [-0.25, -0.2) is 0 Å². The monoisotopic (exact) mass is 265 g/mol. The molecule has 0 fully saturated rings. The van der Waals surface area contributed by atoms with Gasteiger partial charge in [-0.15, -0.1) is 0 Å². The number of amides is 1. The first kappa shape index (κ1) is 13.9.